The van der Waals surface area contributed by atoms with Gasteiger partial charge >= 0.3 is 6.18 Å². The predicted molar refractivity (Wildman–Crippen MR) is 110 cm³/mol. The maximum atomic E-state index is 14.2. The smallest absolute Gasteiger partial charge is 0.374 e. The number of oxime groups is 1. The Bertz CT molecular complexity index is 1220. The Labute approximate surface area is 192 Å². The molecule has 1 atom stereocenters. The van der Waals surface area contributed by atoms with Gasteiger partial charge in [0, 0.05) is 22.0 Å². The molecule has 0 amide bonds. The number of hydrogen-bond acceptors (Lipinski definition) is 5. The molecule has 0 aliphatic carbocycles. The summed E-state index contributed by atoms with van der Waals surface area (Å²) < 4.78 is 44.1. The lowest BCUT2D eigenvalue weighted by molar-refractivity contribution is -0.275. The van der Waals surface area contributed by atoms with E-state index in [2.05, 4.69) is 31.2 Å². The Hall–Kier alpha value is -2.61. The number of halogens is 6. The summed E-state index contributed by atoms with van der Waals surface area (Å²) in [5.74, 6) is 0. The minimum absolute atomic E-state index is 0.0289. The van der Waals surface area contributed by atoms with Crippen LogP contribution in [0.5, 0.6) is 0 Å². The van der Waals surface area contributed by atoms with Gasteiger partial charge in [-0.1, -0.05) is 34.4 Å². The van der Waals surface area contributed by atoms with Crippen molar-refractivity contribution in [2.45, 2.75) is 18.2 Å². The Morgan fingerprint density at radius 3 is 2.61 bits per heavy atom. The van der Waals surface area contributed by atoms with Crippen LogP contribution in [0.3, 0.4) is 0 Å². The number of hydrogen-bond donors (Lipinski definition) is 0. The number of benzene rings is 2. The molecule has 0 N–H and O–H groups in total. The van der Waals surface area contributed by atoms with Crippen molar-refractivity contribution in [2.24, 2.45) is 5.16 Å². The normalized spacial score (nSPS) is 18.4. The minimum Gasteiger partial charge on any atom is -0.374 e. The molecule has 6 nitrogen and oxygen atoms in total. The molecule has 0 saturated heterocycles. The highest BCUT2D eigenvalue weighted by atomic mass is 79.9. The van der Waals surface area contributed by atoms with Crippen LogP contribution in [-0.4, -0.2) is 26.7 Å². The molecule has 0 bridgehead atoms. The fraction of sp³-hybridized carbons (Fsp3) is 0.158. The highest BCUT2D eigenvalue weighted by Gasteiger charge is 2.62. The Morgan fingerprint density at radius 2 is 2.00 bits per heavy atom. The van der Waals surface area contributed by atoms with Crippen LogP contribution in [0.25, 0.3) is 5.69 Å². The molecule has 31 heavy (non-hydrogen) atoms. The van der Waals surface area contributed by atoms with Crippen molar-refractivity contribution < 1.29 is 18.0 Å². The van der Waals surface area contributed by atoms with E-state index in [-0.39, 0.29) is 31.4 Å². The highest BCUT2D eigenvalue weighted by Crippen LogP contribution is 2.50. The molecule has 4 rings (SSSR count). The standard InChI is InChI=1S/C19H9BrCl2F3N5O/c20-13-4-12(5-14(21)17(13)22)18(19(23,24)25)6-15(29-31-18)10-1-2-16(11(3-10)7-26)30-9-27-8-28-30/h1-5,8-9H,6H2. The molecule has 1 aliphatic rings. The van der Waals surface area contributed by atoms with Crippen LogP contribution in [0, 0.1) is 11.3 Å². The lowest BCUT2D eigenvalue weighted by Gasteiger charge is -2.30. The second kappa shape index (κ2) is 7.82. The summed E-state index contributed by atoms with van der Waals surface area (Å²) in [5.41, 5.74) is -2.05. The number of nitriles is 1. The van der Waals surface area contributed by atoms with Gasteiger partial charge in [0.15, 0.2) is 0 Å². The van der Waals surface area contributed by atoms with E-state index in [1.54, 1.807) is 6.07 Å². The first-order chi connectivity index (χ1) is 14.7. The average molecular weight is 531 g/mol. The van der Waals surface area contributed by atoms with Gasteiger partial charge < -0.3 is 4.84 Å². The third-order valence-corrected chi connectivity index (χ3v) is 6.41. The van der Waals surface area contributed by atoms with Crippen LogP contribution in [-0.2, 0) is 10.4 Å². The van der Waals surface area contributed by atoms with Crippen LogP contribution in [0.4, 0.5) is 13.2 Å². The van der Waals surface area contributed by atoms with Gasteiger partial charge in [-0.3, -0.25) is 0 Å². The molecule has 12 heteroatoms. The Morgan fingerprint density at radius 1 is 1.23 bits per heavy atom. The molecule has 1 aromatic heterocycles. The first-order valence-electron chi connectivity index (χ1n) is 8.52. The summed E-state index contributed by atoms with van der Waals surface area (Å²) in [7, 11) is 0. The van der Waals surface area contributed by atoms with Crippen molar-refractivity contribution >= 4 is 44.8 Å². The van der Waals surface area contributed by atoms with Crippen LogP contribution in [0.15, 0.2) is 52.6 Å². The van der Waals surface area contributed by atoms with Crippen LogP contribution >= 0.6 is 39.1 Å². The van der Waals surface area contributed by atoms with E-state index in [0.717, 1.165) is 6.07 Å². The van der Waals surface area contributed by atoms with Crippen molar-refractivity contribution in [1.82, 2.24) is 14.8 Å². The van der Waals surface area contributed by atoms with E-state index in [9.17, 15) is 18.4 Å². The van der Waals surface area contributed by atoms with Gasteiger partial charge in [-0.2, -0.15) is 23.5 Å². The number of nitrogens with zero attached hydrogens (tertiary/aromatic N) is 5. The fourth-order valence-electron chi connectivity index (χ4n) is 3.18. The first kappa shape index (κ1) is 21.6. The SMILES string of the molecule is N#Cc1cc(C2=NOC(c3cc(Cl)c(Cl)c(Br)c3)(C(F)(F)F)C2)ccc1-n1cncn1. The Kier molecular flexibility index (Phi) is 5.45. The van der Waals surface area contributed by atoms with Gasteiger partial charge in [0.2, 0.25) is 0 Å². The van der Waals surface area contributed by atoms with Gasteiger partial charge in [-0.15, -0.1) is 0 Å². The minimum atomic E-state index is -4.81. The third kappa shape index (κ3) is 3.67. The van der Waals surface area contributed by atoms with Crippen LogP contribution in [0.2, 0.25) is 10.0 Å². The van der Waals surface area contributed by atoms with E-state index in [0.29, 0.717) is 11.3 Å². The largest absolute Gasteiger partial charge is 0.435 e. The molecule has 1 unspecified atom stereocenters. The van der Waals surface area contributed by atoms with Crippen molar-refractivity contribution in [1.29, 1.82) is 5.26 Å². The summed E-state index contributed by atoms with van der Waals surface area (Å²) in [4.78, 5) is 8.84. The second-order valence-electron chi connectivity index (χ2n) is 6.57. The average Bonchev–Trinajstić information content (AvgIpc) is 3.41. The zero-order valence-corrected chi connectivity index (χ0v) is 18.3. The molecule has 2 aromatic carbocycles. The van der Waals surface area contributed by atoms with Crippen molar-refractivity contribution in [3.8, 4) is 11.8 Å². The van der Waals surface area contributed by atoms with E-state index in [4.69, 9.17) is 28.0 Å². The monoisotopic (exact) mass is 529 g/mol. The van der Waals surface area contributed by atoms with E-state index in [1.165, 1.54) is 35.5 Å². The molecule has 1 aliphatic heterocycles. The lowest BCUT2D eigenvalue weighted by atomic mass is 9.86. The quantitative estimate of drug-likeness (QED) is 0.401. The van der Waals surface area contributed by atoms with Gasteiger partial charge in [-0.25, -0.2) is 9.67 Å². The van der Waals surface area contributed by atoms with Gasteiger partial charge in [0.25, 0.3) is 5.60 Å². The van der Waals surface area contributed by atoms with Gasteiger partial charge in [0.05, 0.1) is 27.0 Å². The van der Waals surface area contributed by atoms with E-state index in [1.807, 2.05) is 6.07 Å². The first-order valence-corrected chi connectivity index (χ1v) is 10.1. The van der Waals surface area contributed by atoms with Crippen molar-refractivity contribution in [2.75, 3.05) is 0 Å². The Balaban J connectivity index is 1.75. The van der Waals surface area contributed by atoms with Crippen molar-refractivity contribution in [3.63, 3.8) is 0 Å². The van der Waals surface area contributed by atoms with Gasteiger partial charge in [-0.05, 0) is 40.2 Å². The number of aromatic nitrogens is 3. The summed E-state index contributed by atoms with van der Waals surface area (Å²) in [6.07, 6.45) is -2.72. The van der Waals surface area contributed by atoms with E-state index >= 15 is 0 Å². The number of rotatable bonds is 3. The second-order valence-corrected chi connectivity index (χ2v) is 8.21. The summed E-state index contributed by atoms with van der Waals surface area (Å²) >= 11 is 15.1. The summed E-state index contributed by atoms with van der Waals surface area (Å²) in [6.45, 7) is 0. The molecule has 0 fully saturated rings. The topological polar surface area (TPSA) is 76.1 Å². The molecule has 0 radical (unpaired) electrons. The highest BCUT2D eigenvalue weighted by molar-refractivity contribution is 9.10. The fourth-order valence-corrected chi connectivity index (χ4v) is 4.09. The molecule has 158 valence electrons. The zero-order valence-electron chi connectivity index (χ0n) is 15.2. The predicted octanol–water partition coefficient (Wildman–Crippen LogP) is 5.79. The molecule has 0 saturated carbocycles. The molecular weight excluding hydrogens is 522 g/mol. The van der Waals surface area contributed by atoms with Crippen molar-refractivity contribution in [3.05, 3.63) is 74.2 Å². The molecule has 0 spiro atoms. The molecular formula is C19H9BrCl2F3N5O. The molecule has 2 heterocycles. The van der Waals surface area contributed by atoms with Crippen LogP contribution in [0.1, 0.15) is 23.1 Å². The van der Waals surface area contributed by atoms with Gasteiger partial charge in [0.1, 0.15) is 18.7 Å². The molecule has 3 aromatic rings. The zero-order chi connectivity index (χ0) is 22.4. The number of alkyl halides is 3. The summed E-state index contributed by atoms with van der Waals surface area (Å²) in [5, 5.41) is 17.2. The van der Waals surface area contributed by atoms with E-state index < -0.39 is 18.2 Å². The third-order valence-electron chi connectivity index (χ3n) is 4.75. The van der Waals surface area contributed by atoms with Crippen LogP contribution < -0.4 is 0 Å². The summed E-state index contributed by atoms with van der Waals surface area (Å²) in [6, 6.07) is 8.83. The maximum Gasteiger partial charge on any atom is 0.435 e. The maximum absolute atomic E-state index is 14.2. The lowest BCUT2D eigenvalue weighted by Crippen LogP contribution is -2.42.